The molecule has 0 fully saturated rings. The number of unbranched alkanes of at least 4 members (excludes halogenated alkanes) is 1. The number of nitrogens with zero attached hydrogens (tertiary/aromatic N) is 1. The van der Waals surface area contributed by atoms with Crippen molar-refractivity contribution in [3.8, 4) is 5.75 Å². The van der Waals surface area contributed by atoms with Gasteiger partial charge >= 0.3 is 5.97 Å². The maximum absolute atomic E-state index is 12.2. The Morgan fingerprint density at radius 2 is 1.96 bits per heavy atom. The Labute approximate surface area is 150 Å². The molecule has 0 aromatic heterocycles. The summed E-state index contributed by atoms with van der Waals surface area (Å²) >= 11 is 1.18. The van der Waals surface area contributed by atoms with Crippen LogP contribution in [-0.2, 0) is 4.74 Å². The molecule has 0 atom stereocenters. The van der Waals surface area contributed by atoms with E-state index >= 15 is 0 Å². The van der Waals surface area contributed by atoms with Crippen LogP contribution in [0.2, 0.25) is 0 Å². The number of carbonyl (C=O) groups excluding carboxylic acids is 1. The Hall–Kier alpha value is -2.54. The molecule has 0 saturated heterocycles. The number of benzene rings is 2. The van der Waals surface area contributed by atoms with Crippen molar-refractivity contribution in [3.05, 3.63) is 57.6 Å². The highest BCUT2D eigenvalue weighted by Crippen LogP contribution is 2.39. The summed E-state index contributed by atoms with van der Waals surface area (Å²) in [7, 11) is 0. The van der Waals surface area contributed by atoms with E-state index in [1.54, 1.807) is 31.2 Å². The van der Waals surface area contributed by atoms with E-state index in [0.29, 0.717) is 15.4 Å². The minimum atomic E-state index is -0.589. The second-order valence-electron chi connectivity index (χ2n) is 5.40. The van der Waals surface area contributed by atoms with Crippen LogP contribution in [0.5, 0.6) is 5.75 Å². The quantitative estimate of drug-likeness (QED) is 0.332. The Kier molecular flexibility index (Phi) is 6.41. The van der Waals surface area contributed by atoms with Crippen molar-refractivity contribution in [2.75, 3.05) is 6.61 Å². The van der Waals surface area contributed by atoms with Gasteiger partial charge in [0.05, 0.1) is 16.4 Å². The third kappa shape index (κ3) is 4.51. The molecule has 0 bridgehead atoms. The third-order valence-electron chi connectivity index (χ3n) is 3.61. The van der Waals surface area contributed by atoms with Gasteiger partial charge < -0.3 is 9.84 Å². The lowest BCUT2D eigenvalue weighted by atomic mass is 10.1. The maximum Gasteiger partial charge on any atom is 0.342 e. The highest BCUT2D eigenvalue weighted by atomic mass is 32.2. The summed E-state index contributed by atoms with van der Waals surface area (Å²) < 4.78 is 5.18. The summed E-state index contributed by atoms with van der Waals surface area (Å²) in [5, 5.41) is 21.2. The highest BCUT2D eigenvalue weighted by molar-refractivity contribution is 7.99. The predicted octanol–water partition coefficient (Wildman–Crippen LogP) is 4.72. The predicted molar refractivity (Wildman–Crippen MR) is 95.3 cm³/mol. The van der Waals surface area contributed by atoms with Crippen LogP contribution in [0.25, 0.3) is 0 Å². The van der Waals surface area contributed by atoms with E-state index in [-0.39, 0.29) is 23.6 Å². The van der Waals surface area contributed by atoms with Gasteiger partial charge in [0.1, 0.15) is 11.3 Å². The van der Waals surface area contributed by atoms with Crippen LogP contribution >= 0.6 is 11.8 Å². The summed E-state index contributed by atoms with van der Waals surface area (Å²) in [6.45, 7) is 3.96. The summed E-state index contributed by atoms with van der Waals surface area (Å²) in [5.74, 6) is -0.751. The number of hydrogen-bond acceptors (Lipinski definition) is 6. The first-order chi connectivity index (χ1) is 12.0. The van der Waals surface area contributed by atoms with E-state index in [0.717, 1.165) is 12.8 Å². The third-order valence-corrected chi connectivity index (χ3v) is 4.84. The van der Waals surface area contributed by atoms with Crippen molar-refractivity contribution in [2.45, 2.75) is 36.5 Å². The fourth-order valence-electron chi connectivity index (χ4n) is 2.24. The van der Waals surface area contributed by atoms with Gasteiger partial charge in [-0.2, -0.15) is 0 Å². The first-order valence-corrected chi connectivity index (χ1v) is 8.68. The lowest BCUT2D eigenvalue weighted by Gasteiger charge is -2.12. The van der Waals surface area contributed by atoms with Gasteiger partial charge in [0, 0.05) is 11.0 Å². The Balaban J connectivity index is 2.33. The van der Waals surface area contributed by atoms with Crippen molar-refractivity contribution < 1.29 is 19.6 Å². The Bertz CT molecular complexity index is 791. The number of hydrogen-bond donors (Lipinski definition) is 1. The molecule has 2 aromatic carbocycles. The number of ether oxygens (including phenoxy) is 1. The van der Waals surface area contributed by atoms with E-state index in [2.05, 4.69) is 0 Å². The van der Waals surface area contributed by atoms with Gasteiger partial charge in [-0.05, 0) is 37.1 Å². The fourth-order valence-corrected chi connectivity index (χ4v) is 3.26. The van der Waals surface area contributed by atoms with Gasteiger partial charge in [0.25, 0.3) is 5.69 Å². The molecular weight excluding hydrogens is 342 g/mol. The number of aromatic hydroxyl groups is 1. The Morgan fingerprint density at radius 3 is 2.64 bits per heavy atom. The largest absolute Gasteiger partial charge is 0.507 e. The molecule has 0 radical (unpaired) electrons. The van der Waals surface area contributed by atoms with Crippen LogP contribution in [0.1, 0.15) is 35.7 Å². The molecule has 132 valence electrons. The lowest BCUT2D eigenvalue weighted by Crippen LogP contribution is -2.09. The SMILES string of the molecule is CCCCOC(=O)c1c(O)ccc(Sc2ccccc2[N+](=O)[O-])c1C. The standard InChI is InChI=1S/C18H19NO5S/c1-3-4-11-24-18(21)17-12(2)15(10-9-14(17)20)25-16-8-6-5-7-13(16)19(22)23/h5-10,20H,3-4,11H2,1-2H3. The second-order valence-corrected chi connectivity index (χ2v) is 6.48. The molecular formula is C18H19NO5S. The summed E-state index contributed by atoms with van der Waals surface area (Å²) in [4.78, 5) is 24.1. The summed E-state index contributed by atoms with van der Waals surface area (Å²) in [6.07, 6.45) is 1.64. The van der Waals surface area contributed by atoms with Crippen molar-refractivity contribution in [3.63, 3.8) is 0 Å². The molecule has 0 unspecified atom stereocenters. The molecule has 7 heteroatoms. The maximum atomic E-state index is 12.2. The van der Waals surface area contributed by atoms with Crippen LogP contribution in [0.4, 0.5) is 5.69 Å². The topological polar surface area (TPSA) is 89.7 Å². The van der Waals surface area contributed by atoms with Crippen LogP contribution in [0.15, 0.2) is 46.2 Å². The first-order valence-electron chi connectivity index (χ1n) is 7.86. The van der Waals surface area contributed by atoms with Crippen molar-refractivity contribution in [2.24, 2.45) is 0 Å². The zero-order valence-electron chi connectivity index (χ0n) is 14.0. The molecule has 0 aliphatic rings. The molecule has 0 heterocycles. The molecule has 0 aliphatic heterocycles. The number of nitro benzene ring substituents is 1. The Morgan fingerprint density at radius 1 is 1.24 bits per heavy atom. The molecule has 1 N–H and O–H groups in total. The van der Waals surface area contributed by atoms with Gasteiger partial charge in [-0.1, -0.05) is 37.2 Å². The zero-order chi connectivity index (χ0) is 18.4. The van der Waals surface area contributed by atoms with Crippen molar-refractivity contribution >= 4 is 23.4 Å². The van der Waals surface area contributed by atoms with E-state index in [4.69, 9.17) is 4.74 Å². The van der Waals surface area contributed by atoms with Gasteiger partial charge in [-0.15, -0.1) is 0 Å². The monoisotopic (exact) mass is 361 g/mol. The minimum absolute atomic E-state index is 0.00736. The van der Waals surface area contributed by atoms with Crippen LogP contribution < -0.4 is 0 Å². The molecule has 6 nitrogen and oxygen atoms in total. The smallest absolute Gasteiger partial charge is 0.342 e. The van der Waals surface area contributed by atoms with Crippen molar-refractivity contribution in [1.82, 2.24) is 0 Å². The number of esters is 1. The van der Waals surface area contributed by atoms with Crippen LogP contribution in [-0.4, -0.2) is 22.6 Å². The first kappa shape index (κ1) is 18.8. The number of para-hydroxylation sites is 1. The number of phenols is 1. The average molecular weight is 361 g/mol. The molecule has 25 heavy (non-hydrogen) atoms. The number of carbonyl (C=O) groups is 1. The lowest BCUT2D eigenvalue weighted by molar-refractivity contribution is -0.387. The fraction of sp³-hybridized carbons (Fsp3) is 0.278. The number of phenolic OH excluding ortho intramolecular Hbond substituents is 1. The highest BCUT2D eigenvalue weighted by Gasteiger charge is 2.21. The minimum Gasteiger partial charge on any atom is -0.507 e. The van der Waals surface area contributed by atoms with Crippen LogP contribution in [0, 0.1) is 17.0 Å². The van der Waals surface area contributed by atoms with Gasteiger partial charge in [-0.25, -0.2) is 4.79 Å². The van der Waals surface area contributed by atoms with Gasteiger partial charge in [0.2, 0.25) is 0 Å². The average Bonchev–Trinajstić information content (AvgIpc) is 2.58. The number of nitro groups is 1. The normalized spacial score (nSPS) is 10.5. The van der Waals surface area contributed by atoms with Crippen LogP contribution in [0.3, 0.4) is 0 Å². The van der Waals surface area contributed by atoms with E-state index in [1.165, 1.54) is 23.9 Å². The molecule has 0 aliphatic carbocycles. The second kappa shape index (κ2) is 8.53. The molecule has 2 aromatic rings. The van der Waals surface area contributed by atoms with E-state index in [1.807, 2.05) is 6.92 Å². The van der Waals surface area contributed by atoms with E-state index < -0.39 is 10.9 Å². The molecule has 0 spiro atoms. The van der Waals surface area contributed by atoms with E-state index in [9.17, 15) is 20.0 Å². The summed E-state index contributed by atoms with van der Waals surface area (Å²) in [5.41, 5.74) is 0.622. The zero-order valence-corrected chi connectivity index (χ0v) is 14.8. The van der Waals surface area contributed by atoms with Crippen molar-refractivity contribution in [1.29, 1.82) is 0 Å². The molecule has 0 saturated carbocycles. The van der Waals surface area contributed by atoms with Gasteiger partial charge in [-0.3, -0.25) is 10.1 Å². The summed E-state index contributed by atoms with van der Waals surface area (Å²) in [6, 6.07) is 9.43. The number of rotatable bonds is 7. The van der Waals surface area contributed by atoms with Gasteiger partial charge in [0.15, 0.2) is 0 Å². The molecule has 2 rings (SSSR count). The molecule has 0 amide bonds.